The summed E-state index contributed by atoms with van der Waals surface area (Å²) in [6.45, 7) is 0.761. The summed E-state index contributed by atoms with van der Waals surface area (Å²) < 4.78 is 11.0. The lowest BCUT2D eigenvalue weighted by Crippen LogP contribution is -2.23. The first kappa shape index (κ1) is 15.4. The quantitative estimate of drug-likeness (QED) is 0.678. The maximum absolute atomic E-state index is 12.3. The fourth-order valence-electron chi connectivity index (χ4n) is 3.05. The molecule has 0 atom stereocenters. The molecule has 0 unspecified atom stereocenters. The number of benzene rings is 2. The van der Waals surface area contributed by atoms with Crippen LogP contribution in [0.15, 0.2) is 59.0 Å². The summed E-state index contributed by atoms with van der Waals surface area (Å²) in [5.74, 6) is 0.252. The number of carbonyl (C=O) groups excluding carboxylic acids is 2. The second-order valence-electron chi connectivity index (χ2n) is 6.03. The Morgan fingerprint density at radius 2 is 2.00 bits per heavy atom. The lowest BCUT2D eigenvalue weighted by molar-refractivity contribution is -0.117. The summed E-state index contributed by atoms with van der Waals surface area (Å²) in [5.41, 5.74) is 1.93. The third-order valence-corrected chi connectivity index (χ3v) is 4.29. The number of hydrogen-bond acceptors (Lipinski definition) is 4. The molecule has 0 N–H and O–H groups in total. The minimum atomic E-state index is -0.436. The first-order chi connectivity index (χ1) is 12.2. The Morgan fingerprint density at radius 1 is 1.12 bits per heavy atom. The summed E-state index contributed by atoms with van der Waals surface area (Å²) in [6, 6.07) is 16.5. The summed E-state index contributed by atoms with van der Waals surface area (Å²) in [7, 11) is 0. The minimum Gasteiger partial charge on any atom is -0.457 e. The molecule has 5 nitrogen and oxygen atoms in total. The summed E-state index contributed by atoms with van der Waals surface area (Å²) in [4.78, 5) is 25.9. The number of para-hydroxylation sites is 1. The molecular formula is C20H17NO4. The van der Waals surface area contributed by atoms with Crippen molar-refractivity contribution in [3.8, 4) is 0 Å². The van der Waals surface area contributed by atoms with Gasteiger partial charge in [0.1, 0.15) is 18.0 Å². The highest BCUT2D eigenvalue weighted by atomic mass is 16.5. The van der Waals surface area contributed by atoms with E-state index in [1.807, 2.05) is 36.4 Å². The highest BCUT2D eigenvalue weighted by Crippen LogP contribution is 2.23. The van der Waals surface area contributed by atoms with Gasteiger partial charge in [-0.3, -0.25) is 4.79 Å². The number of hydrogen-bond donors (Lipinski definition) is 0. The van der Waals surface area contributed by atoms with Gasteiger partial charge in [-0.15, -0.1) is 0 Å². The predicted octanol–water partition coefficient (Wildman–Crippen LogP) is 3.92. The van der Waals surface area contributed by atoms with E-state index in [1.165, 1.54) is 0 Å². The second kappa shape index (κ2) is 6.43. The summed E-state index contributed by atoms with van der Waals surface area (Å²) in [5, 5.41) is 0.975. The molecule has 4 rings (SSSR count). The van der Waals surface area contributed by atoms with Crippen molar-refractivity contribution in [1.29, 1.82) is 0 Å². The van der Waals surface area contributed by atoms with Crippen molar-refractivity contribution in [1.82, 2.24) is 0 Å². The van der Waals surface area contributed by atoms with Crippen molar-refractivity contribution in [3.63, 3.8) is 0 Å². The van der Waals surface area contributed by atoms with E-state index in [4.69, 9.17) is 9.15 Å². The van der Waals surface area contributed by atoms with E-state index in [0.717, 1.165) is 23.1 Å². The van der Waals surface area contributed by atoms with Crippen molar-refractivity contribution in [2.75, 3.05) is 11.4 Å². The van der Waals surface area contributed by atoms with Crippen molar-refractivity contribution < 1.29 is 18.7 Å². The number of furan rings is 1. The van der Waals surface area contributed by atoms with Crippen LogP contribution in [0.2, 0.25) is 0 Å². The molecule has 2 heterocycles. The second-order valence-corrected chi connectivity index (χ2v) is 6.03. The predicted molar refractivity (Wildman–Crippen MR) is 93.4 cm³/mol. The monoisotopic (exact) mass is 335 g/mol. The van der Waals surface area contributed by atoms with Gasteiger partial charge in [0, 0.05) is 24.0 Å². The van der Waals surface area contributed by atoms with Gasteiger partial charge in [-0.2, -0.15) is 0 Å². The number of ether oxygens (including phenoxy) is 1. The van der Waals surface area contributed by atoms with Crippen molar-refractivity contribution in [2.45, 2.75) is 19.4 Å². The SMILES string of the molecule is O=C(OCc1cc2ccccc2o1)c1cccc(N2CCCC2=O)c1. The molecule has 0 bridgehead atoms. The number of carbonyl (C=O) groups is 2. The van der Waals surface area contributed by atoms with E-state index in [1.54, 1.807) is 23.1 Å². The van der Waals surface area contributed by atoms with Gasteiger partial charge in [0.25, 0.3) is 0 Å². The first-order valence-corrected chi connectivity index (χ1v) is 8.26. The van der Waals surface area contributed by atoms with Gasteiger partial charge >= 0.3 is 5.97 Å². The lowest BCUT2D eigenvalue weighted by atomic mass is 10.2. The van der Waals surface area contributed by atoms with Gasteiger partial charge in [-0.1, -0.05) is 24.3 Å². The summed E-state index contributed by atoms with van der Waals surface area (Å²) in [6.07, 6.45) is 1.40. The van der Waals surface area contributed by atoms with Crippen molar-refractivity contribution in [2.24, 2.45) is 0 Å². The molecule has 3 aromatic rings. The molecule has 0 spiro atoms. The lowest BCUT2D eigenvalue weighted by Gasteiger charge is -2.16. The van der Waals surface area contributed by atoms with Gasteiger partial charge in [0.05, 0.1) is 5.56 Å². The Kier molecular flexibility index (Phi) is 3.98. The molecule has 1 saturated heterocycles. The van der Waals surface area contributed by atoms with Crippen LogP contribution in [0, 0.1) is 0 Å². The third kappa shape index (κ3) is 3.13. The van der Waals surface area contributed by atoms with Gasteiger partial charge in [-0.25, -0.2) is 4.79 Å². The minimum absolute atomic E-state index is 0.0698. The first-order valence-electron chi connectivity index (χ1n) is 8.26. The van der Waals surface area contributed by atoms with E-state index in [2.05, 4.69) is 0 Å². The van der Waals surface area contributed by atoms with Gasteiger partial charge in [0.15, 0.2) is 0 Å². The van der Waals surface area contributed by atoms with Crippen LogP contribution in [0.1, 0.15) is 29.0 Å². The maximum Gasteiger partial charge on any atom is 0.338 e. The van der Waals surface area contributed by atoms with E-state index in [0.29, 0.717) is 24.3 Å². The van der Waals surface area contributed by atoms with Crippen LogP contribution < -0.4 is 4.90 Å². The molecule has 2 aromatic carbocycles. The molecular weight excluding hydrogens is 318 g/mol. The molecule has 1 aromatic heterocycles. The largest absolute Gasteiger partial charge is 0.457 e. The number of rotatable bonds is 4. The van der Waals surface area contributed by atoms with Crippen LogP contribution >= 0.6 is 0 Å². The Balaban J connectivity index is 1.46. The van der Waals surface area contributed by atoms with Crippen LogP contribution in [-0.4, -0.2) is 18.4 Å². The molecule has 1 aliphatic heterocycles. The molecule has 1 amide bonds. The van der Waals surface area contributed by atoms with Crippen LogP contribution in [-0.2, 0) is 16.1 Å². The molecule has 0 saturated carbocycles. The van der Waals surface area contributed by atoms with Crippen molar-refractivity contribution in [3.05, 3.63) is 65.9 Å². The fraction of sp³-hybridized carbons (Fsp3) is 0.200. The molecule has 0 radical (unpaired) electrons. The molecule has 0 aliphatic carbocycles. The average Bonchev–Trinajstić information content (AvgIpc) is 3.25. The highest BCUT2D eigenvalue weighted by Gasteiger charge is 2.22. The Morgan fingerprint density at radius 3 is 2.80 bits per heavy atom. The third-order valence-electron chi connectivity index (χ3n) is 4.29. The van der Waals surface area contributed by atoms with Crippen LogP contribution in [0.3, 0.4) is 0 Å². The number of nitrogens with zero attached hydrogens (tertiary/aromatic N) is 1. The topological polar surface area (TPSA) is 59.8 Å². The van der Waals surface area contributed by atoms with Crippen LogP contribution in [0.5, 0.6) is 0 Å². The zero-order valence-corrected chi connectivity index (χ0v) is 13.6. The molecule has 1 fully saturated rings. The highest BCUT2D eigenvalue weighted by molar-refractivity contribution is 5.97. The zero-order chi connectivity index (χ0) is 17.2. The van der Waals surface area contributed by atoms with Crippen LogP contribution in [0.25, 0.3) is 11.0 Å². The van der Waals surface area contributed by atoms with Gasteiger partial charge in [0.2, 0.25) is 5.91 Å². The van der Waals surface area contributed by atoms with E-state index < -0.39 is 5.97 Å². The Bertz CT molecular complexity index is 911. The smallest absolute Gasteiger partial charge is 0.338 e. The standard InChI is InChI=1S/C20H17NO4/c22-19-9-4-10-21(19)16-7-3-6-15(11-16)20(23)24-13-17-12-14-5-1-2-8-18(14)25-17/h1-3,5-8,11-12H,4,9-10,13H2. The van der Waals surface area contributed by atoms with E-state index in [9.17, 15) is 9.59 Å². The molecule has 25 heavy (non-hydrogen) atoms. The van der Waals surface area contributed by atoms with Gasteiger partial charge < -0.3 is 14.1 Å². The average molecular weight is 335 g/mol. The number of esters is 1. The Labute approximate surface area is 144 Å². The number of amides is 1. The zero-order valence-electron chi connectivity index (χ0n) is 13.6. The van der Waals surface area contributed by atoms with Crippen molar-refractivity contribution >= 4 is 28.5 Å². The Hall–Kier alpha value is -3.08. The molecule has 126 valence electrons. The molecule has 1 aliphatic rings. The van der Waals surface area contributed by atoms with Crippen LogP contribution in [0.4, 0.5) is 5.69 Å². The molecule has 5 heteroatoms. The number of anilines is 1. The number of fused-ring (bicyclic) bond motifs is 1. The van der Waals surface area contributed by atoms with E-state index >= 15 is 0 Å². The fourth-order valence-corrected chi connectivity index (χ4v) is 3.05. The normalized spacial score (nSPS) is 14.2. The summed E-state index contributed by atoms with van der Waals surface area (Å²) >= 11 is 0. The van der Waals surface area contributed by atoms with Gasteiger partial charge in [-0.05, 0) is 36.8 Å². The maximum atomic E-state index is 12.3. The van der Waals surface area contributed by atoms with E-state index in [-0.39, 0.29) is 12.5 Å².